The third kappa shape index (κ3) is 4.29. The molecule has 0 unspecified atom stereocenters. The van der Waals surface area contributed by atoms with E-state index in [0.717, 1.165) is 4.90 Å². The lowest BCUT2D eigenvalue weighted by atomic mass is 10.3. The first-order valence-corrected chi connectivity index (χ1v) is 7.63. The van der Waals surface area contributed by atoms with Crippen LogP contribution >= 0.6 is 11.8 Å². The molecule has 2 N–H and O–H groups in total. The Hall–Kier alpha value is -1.89. The highest BCUT2D eigenvalue weighted by Gasteiger charge is 2.18. The Balaban J connectivity index is 1.94. The molecule has 1 heterocycles. The van der Waals surface area contributed by atoms with Gasteiger partial charge in [-0.25, -0.2) is 4.79 Å². The van der Waals surface area contributed by atoms with Crippen LogP contribution in [0.5, 0.6) is 11.5 Å². The Morgan fingerprint density at radius 1 is 1.29 bits per heavy atom. The zero-order valence-corrected chi connectivity index (χ0v) is 12.8. The van der Waals surface area contributed by atoms with Gasteiger partial charge in [0.1, 0.15) is 13.2 Å². The van der Waals surface area contributed by atoms with Crippen molar-refractivity contribution in [3.63, 3.8) is 0 Å². The average Bonchev–Trinajstić information content (AvgIpc) is 2.47. The predicted molar refractivity (Wildman–Crippen MR) is 80.0 cm³/mol. The van der Waals surface area contributed by atoms with E-state index in [-0.39, 0.29) is 5.91 Å². The fourth-order valence-corrected chi connectivity index (χ4v) is 2.67. The maximum absolute atomic E-state index is 11.9. The summed E-state index contributed by atoms with van der Waals surface area (Å²) < 4.78 is 10.9. The van der Waals surface area contributed by atoms with Crippen molar-refractivity contribution >= 4 is 23.7 Å². The number of rotatable bonds is 4. The van der Waals surface area contributed by atoms with Crippen LogP contribution in [-0.2, 0) is 4.79 Å². The van der Waals surface area contributed by atoms with Gasteiger partial charge in [0.15, 0.2) is 11.5 Å². The number of benzene rings is 1. The molecule has 0 saturated carbocycles. The summed E-state index contributed by atoms with van der Waals surface area (Å²) in [5.74, 6) is 1.06. The molecule has 0 bridgehead atoms. The number of fused-ring (bicyclic) bond motifs is 1. The van der Waals surface area contributed by atoms with Gasteiger partial charge in [0.2, 0.25) is 5.91 Å². The lowest BCUT2D eigenvalue weighted by Gasteiger charge is -2.19. The zero-order chi connectivity index (χ0) is 15.2. The normalized spacial score (nSPS) is 14.2. The van der Waals surface area contributed by atoms with E-state index in [9.17, 15) is 9.59 Å². The van der Waals surface area contributed by atoms with E-state index in [0.29, 0.717) is 31.3 Å². The van der Waals surface area contributed by atoms with Gasteiger partial charge >= 0.3 is 6.03 Å². The molecular weight excluding hydrogens is 292 g/mol. The molecule has 114 valence electrons. The van der Waals surface area contributed by atoms with Crippen LogP contribution < -0.4 is 20.1 Å². The monoisotopic (exact) mass is 310 g/mol. The zero-order valence-electron chi connectivity index (χ0n) is 12.0. The Morgan fingerprint density at radius 3 is 2.71 bits per heavy atom. The lowest BCUT2D eigenvalue weighted by Crippen LogP contribution is -2.42. The highest BCUT2D eigenvalue weighted by atomic mass is 32.2. The number of carbonyl (C=O) groups is 2. The van der Waals surface area contributed by atoms with E-state index < -0.39 is 11.3 Å². The van der Waals surface area contributed by atoms with Gasteiger partial charge in [0.25, 0.3) is 0 Å². The Labute approximate surface area is 127 Å². The van der Waals surface area contributed by atoms with Crippen molar-refractivity contribution in [1.82, 2.24) is 10.6 Å². The summed E-state index contributed by atoms with van der Waals surface area (Å²) in [5.41, 5.74) is 0. The number of nitrogens with one attached hydrogen (secondary N) is 2. The van der Waals surface area contributed by atoms with E-state index in [2.05, 4.69) is 10.6 Å². The Kier molecular flexibility index (Phi) is 5.32. The van der Waals surface area contributed by atoms with Crippen molar-refractivity contribution in [2.75, 3.05) is 19.8 Å². The van der Waals surface area contributed by atoms with Crippen molar-refractivity contribution in [2.45, 2.75) is 24.0 Å². The van der Waals surface area contributed by atoms with Gasteiger partial charge in [-0.05, 0) is 32.0 Å². The maximum Gasteiger partial charge on any atom is 0.321 e. The van der Waals surface area contributed by atoms with Crippen LogP contribution in [0.25, 0.3) is 0 Å². The summed E-state index contributed by atoms with van der Waals surface area (Å²) in [6.07, 6.45) is 0. The molecule has 1 aliphatic rings. The molecule has 0 spiro atoms. The van der Waals surface area contributed by atoms with Gasteiger partial charge in [-0.15, -0.1) is 11.8 Å². The second-order valence-electron chi connectivity index (χ2n) is 4.41. The number of imide groups is 1. The van der Waals surface area contributed by atoms with E-state index in [4.69, 9.17) is 9.47 Å². The smallest absolute Gasteiger partial charge is 0.321 e. The van der Waals surface area contributed by atoms with Gasteiger partial charge < -0.3 is 14.8 Å². The summed E-state index contributed by atoms with van der Waals surface area (Å²) >= 11 is 1.36. The second kappa shape index (κ2) is 7.21. The summed E-state index contributed by atoms with van der Waals surface area (Å²) in [6.45, 7) is 5.08. The standard InChI is InChI=1S/C14H18N2O4S/c1-3-15-14(18)16-13(17)9(2)21-10-4-5-11-12(8-10)20-7-6-19-11/h4-5,8-9H,3,6-7H2,1-2H3,(H2,15,16,17,18)/t9-/m1/s1. The molecule has 0 radical (unpaired) electrons. The maximum atomic E-state index is 11.9. The van der Waals surface area contributed by atoms with Crippen molar-refractivity contribution in [3.05, 3.63) is 18.2 Å². The van der Waals surface area contributed by atoms with E-state index in [1.165, 1.54) is 11.8 Å². The molecule has 7 heteroatoms. The largest absolute Gasteiger partial charge is 0.486 e. The first-order chi connectivity index (χ1) is 10.1. The number of ether oxygens (including phenoxy) is 2. The molecule has 1 aromatic rings. The molecule has 0 fully saturated rings. The van der Waals surface area contributed by atoms with Crippen molar-refractivity contribution < 1.29 is 19.1 Å². The quantitative estimate of drug-likeness (QED) is 0.829. The second-order valence-corrected chi connectivity index (χ2v) is 5.83. The highest BCUT2D eigenvalue weighted by molar-refractivity contribution is 8.00. The predicted octanol–water partition coefficient (Wildman–Crippen LogP) is 1.78. The minimum absolute atomic E-state index is 0.333. The first kappa shape index (κ1) is 15.5. The molecule has 0 saturated heterocycles. The summed E-state index contributed by atoms with van der Waals surface area (Å²) in [6, 6.07) is 5.06. The fraction of sp³-hybridized carbons (Fsp3) is 0.429. The van der Waals surface area contributed by atoms with Crippen LogP contribution in [0.1, 0.15) is 13.8 Å². The SMILES string of the molecule is CCNC(=O)NC(=O)[C@@H](C)Sc1ccc2c(c1)OCCO2. The van der Waals surface area contributed by atoms with Crippen LogP contribution in [0, 0.1) is 0 Å². The fourth-order valence-electron chi connectivity index (χ4n) is 1.77. The Bertz CT molecular complexity index is 536. The number of hydrogen-bond acceptors (Lipinski definition) is 5. The molecule has 0 aromatic heterocycles. The van der Waals surface area contributed by atoms with Crippen molar-refractivity contribution in [1.29, 1.82) is 0 Å². The van der Waals surface area contributed by atoms with Gasteiger partial charge in [-0.3, -0.25) is 10.1 Å². The van der Waals surface area contributed by atoms with Crippen molar-refractivity contribution in [2.24, 2.45) is 0 Å². The number of amides is 3. The van der Waals surface area contributed by atoms with Crippen LogP contribution in [0.3, 0.4) is 0 Å². The minimum Gasteiger partial charge on any atom is -0.486 e. The van der Waals surface area contributed by atoms with Gasteiger partial charge in [-0.1, -0.05) is 0 Å². The molecule has 1 aliphatic heterocycles. The molecule has 21 heavy (non-hydrogen) atoms. The van der Waals surface area contributed by atoms with Crippen LogP contribution in [-0.4, -0.2) is 36.9 Å². The minimum atomic E-state index is -0.475. The third-order valence-electron chi connectivity index (χ3n) is 2.77. The average molecular weight is 310 g/mol. The number of urea groups is 1. The molecule has 0 aliphatic carbocycles. The molecule has 1 aromatic carbocycles. The topological polar surface area (TPSA) is 76.7 Å². The molecule has 1 atom stereocenters. The van der Waals surface area contributed by atoms with Crippen LogP contribution in [0.4, 0.5) is 4.79 Å². The summed E-state index contributed by atoms with van der Waals surface area (Å²) in [4.78, 5) is 24.1. The summed E-state index contributed by atoms with van der Waals surface area (Å²) in [7, 11) is 0. The van der Waals surface area contributed by atoms with E-state index >= 15 is 0 Å². The van der Waals surface area contributed by atoms with Crippen molar-refractivity contribution in [3.8, 4) is 11.5 Å². The molecule has 6 nitrogen and oxygen atoms in total. The van der Waals surface area contributed by atoms with Gasteiger partial charge in [0.05, 0.1) is 5.25 Å². The number of thioether (sulfide) groups is 1. The Morgan fingerprint density at radius 2 is 2.00 bits per heavy atom. The van der Waals surface area contributed by atoms with E-state index in [1.54, 1.807) is 13.8 Å². The first-order valence-electron chi connectivity index (χ1n) is 6.75. The third-order valence-corrected chi connectivity index (χ3v) is 3.86. The van der Waals surface area contributed by atoms with Gasteiger partial charge in [-0.2, -0.15) is 0 Å². The van der Waals surface area contributed by atoms with Gasteiger partial charge in [0, 0.05) is 11.4 Å². The highest BCUT2D eigenvalue weighted by Crippen LogP contribution is 2.35. The molecule has 3 amide bonds. The van der Waals surface area contributed by atoms with Crippen LogP contribution in [0.2, 0.25) is 0 Å². The van der Waals surface area contributed by atoms with Crippen LogP contribution in [0.15, 0.2) is 23.1 Å². The lowest BCUT2D eigenvalue weighted by molar-refractivity contribution is -0.119. The van der Waals surface area contributed by atoms with E-state index in [1.807, 2.05) is 18.2 Å². The molecular formula is C14H18N2O4S. The number of carbonyl (C=O) groups excluding carboxylic acids is 2. The summed E-state index contributed by atoms with van der Waals surface area (Å²) in [5, 5.41) is 4.42. The number of hydrogen-bond donors (Lipinski definition) is 2. The molecule has 2 rings (SSSR count).